The fourth-order valence-electron chi connectivity index (χ4n) is 0.918. The third-order valence-corrected chi connectivity index (χ3v) is 1.50. The second-order valence-corrected chi connectivity index (χ2v) is 1.95. The molecule has 0 N–H and O–H groups in total. The molecule has 0 radical (unpaired) electrons. The van der Waals surface area contributed by atoms with E-state index in [2.05, 4.69) is 11.3 Å². The van der Waals surface area contributed by atoms with Gasteiger partial charge in [-0.2, -0.15) is 0 Å². The van der Waals surface area contributed by atoms with E-state index in [1.807, 2.05) is 0 Å². The smallest absolute Gasteiger partial charge is 0.414 e. The molecule has 42 valence electrons. The molecule has 0 bridgehead atoms. The molecule has 3 heteroatoms. The molecule has 2 fully saturated rings. The van der Waals surface area contributed by atoms with E-state index in [0.717, 1.165) is 5.70 Å². The fraction of sp³-hybridized carbons (Fsp3) is 0.400. The zero-order valence-corrected chi connectivity index (χ0v) is 4.26. The third-order valence-electron chi connectivity index (χ3n) is 1.50. The molecule has 3 nitrogen and oxygen atoms in total. The number of carbonyl (C=O) groups excluding carboxylic acids is 1. The molecule has 1 amide bonds. The summed E-state index contributed by atoms with van der Waals surface area (Å²) in [5, 5.41) is 0. The number of hydrogen-bond acceptors (Lipinski definition) is 2. The van der Waals surface area contributed by atoms with Gasteiger partial charge in [0.2, 0.25) is 0 Å². The minimum Gasteiger partial charge on any atom is -0.447 e. The highest BCUT2D eigenvalue weighted by molar-refractivity contribution is 5.78. The first-order valence-electron chi connectivity index (χ1n) is 2.45. The van der Waals surface area contributed by atoms with Gasteiger partial charge in [0.1, 0.15) is 12.6 Å². The largest absolute Gasteiger partial charge is 0.447 e. The first-order chi connectivity index (χ1) is 3.80. The van der Waals surface area contributed by atoms with Gasteiger partial charge in [-0.1, -0.05) is 6.58 Å². The normalized spacial score (nSPS) is 32.5. The first kappa shape index (κ1) is 3.95. The van der Waals surface area contributed by atoms with Gasteiger partial charge in [0.05, 0.1) is 0 Å². The average molecular weight is 111 g/mol. The number of ether oxygens (including phenoxy) is 1. The number of nitrogens with zero attached hydrogens (tertiary/aromatic N) is 1. The summed E-state index contributed by atoms with van der Waals surface area (Å²) in [4.78, 5) is 12.0. The summed E-state index contributed by atoms with van der Waals surface area (Å²) in [6, 6.07) is 0.225. The van der Waals surface area contributed by atoms with Crippen LogP contribution >= 0.6 is 0 Å². The van der Waals surface area contributed by atoms with E-state index < -0.39 is 0 Å². The predicted octanol–water partition coefficient (Wildman–Crippen LogP) is 0.335. The molecule has 0 aliphatic carbocycles. The van der Waals surface area contributed by atoms with E-state index in [1.54, 1.807) is 4.90 Å². The Kier molecular flexibility index (Phi) is 0.440. The molecule has 1 unspecified atom stereocenters. The van der Waals surface area contributed by atoms with Crippen molar-refractivity contribution in [3.63, 3.8) is 0 Å². The number of amides is 1. The maximum atomic E-state index is 10.5. The lowest BCUT2D eigenvalue weighted by Gasteiger charge is -1.91. The fourth-order valence-corrected chi connectivity index (χ4v) is 0.918. The van der Waals surface area contributed by atoms with Crippen LogP contribution in [-0.2, 0) is 4.74 Å². The Morgan fingerprint density at radius 3 is 2.88 bits per heavy atom. The summed E-state index contributed by atoms with van der Waals surface area (Å²) in [5.74, 6) is 0. The van der Waals surface area contributed by atoms with Crippen molar-refractivity contribution in [1.29, 1.82) is 0 Å². The lowest BCUT2D eigenvalue weighted by molar-refractivity contribution is 0.164. The maximum Gasteiger partial charge on any atom is 0.414 e. The molecule has 0 aromatic carbocycles. The summed E-state index contributed by atoms with van der Waals surface area (Å²) in [6.07, 6.45) is -0.236. The first-order valence-corrected chi connectivity index (χ1v) is 2.45. The predicted molar refractivity (Wildman–Crippen MR) is 26.1 cm³/mol. The van der Waals surface area contributed by atoms with Crippen molar-refractivity contribution in [2.24, 2.45) is 0 Å². The number of hydrogen-bond donors (Lipinski definition) is 0. The third kappa shape index (κ3) is 0.248. The second kappa shape index (κ2) is 0.891. The number of fused-ring (bicyclic) bond motifs is 1. The van der Waals surface area contributed by atoms with Crippen molar-refractivity contribution in [2.75, 3.05) is 6.61 Å². The summed E-state index contributed by atoms with van der Waals surface area (Å²) in [7, 11) is 0. The molecule has 2 rings (SSSR count). The topological polar surface area (TPSA) is 29.3 Å². The Morgan fingerprint density at radius 1 is 1.88 bits per heavy atom. The summed E-state index contributed by atoms with van der Waals surface area (Å²) in [5.41, 5.74) is 0.904. The monoisotopic (exact) mass is 111 g/mol. The minimum atomic E-state index is -0.236. The molecule has 2 aliphatic rings. The van der Waals surface area contributed by atoms with Crippen LogP contribution in [0.1, 0.15) is 0 Å². The maximum absolute atomic E-state index is 10.5. The van der Waals surface area contributed by atoms with Crippen molar-refractivity contribution in [1.82, 2.24) is 4.90 Å². The Hall–Kier alpha value is -0.990. The van der Waals surface area contributed by atoms with Gasteiger partial charge in [0.15, 0.2) is 0 Å². The summed E-state index contributed by atoms with van der Waals surface area (Å²) in [6.45, 7) is 4.14. The van der Waals surface area contributed by atoms with Crippen molar-refractivity contribution in [3.05, 3.63) is 12.3 Å². The lowest BCUT2D eigenvalue weighted by Crippen LogP contribution is -2.02. The quantitative estimate of drug-likeness (QED) is 0.422. The molecular weight excluding hydrogens is 106 g/mol. The molecule has 1 atom stereocenters. The second-order valence-electron chi connectivity index (χ2n) is 1.95. The highest BCUT2D eigenvalue weighted by Gasteiger charge is 2.51. The Balaban J connectivity index is 2.29. The van der Waals surface area contributed by atoms with Crippen molar-refractivity contribution in [2.45, 2.75) is 6.04 Å². The molecule has 0 aromatic heterocycles. The van der Waals surface area contributed by atoms with E-state index in [1.165, 1.54) is 0 Å². The molecule has 2 aliphatic heterocycles. The van der Waals surface area contributed by atoms with Crippen LogP contribution in [0.5, 0.6) is 0 Å². The van der Waals surface area contributed by atoms with E-state index in [4.69, 9.17) is 0 Å². The summed E-state index contributed by atoms with van der Waals surface area (Å²) < 4.78 is 4.61. The van der Waals surface area contributed by atoms with Crippen LogP contribution in [0, 0.1) is 0 Å². The Bertz CT molecular complexity index is 175. The van der Waals surface area contributed by atoms with Crippen molar-refractivity contribution < 1.29 is 9.53 Å². The van der Waals surface area contributed by atoms with Gasteiger partial charge >= 0.3 is 6.09 Å². The van der Waals surface area contributed by atoms with Crippen LogP contribution in [-0.4, -0.2) is 23.6 Å². The van der Waals surface area contributed by atoms with E-state index in [0.29, 0.717) is 6.61 Å². The van der Waals surface area contributed by atoms with E-state index in [9.17, 15) is 4.79 Å². The molecular formula is C5H5NO2. The van der Waals surface area contributed by atoms with Gasteiger partial charge in [-0.15, -0.1) is 0 Å². The van der Waals surface area contributed by atoms with E-state index in [-0.39, 0.29) is 12.1 Å². The standard InChI is InChI=1S/C5H5NO2/c1-3-4-2-8-5(7)6(3)4/h4H,1-2H2. The van der Waals surface area contributed by atoms with Crippen LogP contribution < -0.4 is 0 Å². The SMILES string of the molecule is C=C1C2COC(=O)N12. The Labute approximate surface area is 46.5 Å². The average Bonchev–Trinajstić information content (AvgIpc) is 2.13. The van der Waals surface area contributed by atoms with Crippen LogP contribution in [0.25, 0.3) is 0 Å². The lowest BCUT2D eigenvalue weighted by atomic mass is 10.5. The van der Waals surface area contributed by atoms with Gasteiger partial charge in [0, 0.05) is 5.70 Å². The highest BCUT2D eigenvalue weighted by Crippen LogP contribution is 2.36. The van der Waals surface area contributed by atoms with Gasteiger partial charge in [-0.05, 0) is 0 Å². The molecule has 0 spiro atoms. The van der Waals surface area contributed by atoms with Gasteiger partial charge in [-0.25, -0.2) is 4.79 Å². The van der Waals surface area contributed by atoms with Crippen LogP contribution in [0.2, 0.25) is 0 Å². The summed E-state index contributed by atoms with van der Waals surface area (Å²) >= 11 is 0. The van der Waals surface area contributed by atoms with Crippen LogP contribution in [0.3, 0.4) is 0 Å². The van der Waals surface area contributed by atoms with Crippen LogP contribution in [0.4, 0.5) is 4.79 Å². The minimum absolute atomic E-state index is 0.225. The zero-order valence-electron chi connectivity index (χ0n) is 4.26. The molecule has 2 saturated heterocycles. The number of carbonyl (C=O) groups is 1. The Morgan fingerprint density at radius 2 is 2.62 bits per heavy atom. The number of rotatable bonds is 0. The molecule has 0 aromatic rings. The number of cyclic esters (lactones) is 1. The van der Waals surface area contributed by atoms with Gasteiger partial charge < -0.3 is 4.74 Å². The van der Waals surface area contributed by atoms with Crippen molar-refractivity contribution in [3.8, 4) is 0 Å². The molecule has 0 saturated carbocycles. The van der Waals surface area contributed by atoms with Crippen LogP contribution in [0.15, 0.2) is 12.3 Å². The zero-order chi connectivity index (χ0) is 5.72. The highest BCUT2D eigenvalue weighted by atomic mass is 16.6. The van der Waals surface area contributed by atoms with Gasteiger partial charge in [-0.3, -0.25) is 4.90 Å². The van der Waals surface area contributed by atoms with Crippen molar-refractivity contribution >= 4 is 6.09 Å². The molecule has 2 heterocycles. The van der Waals surface area contributed by atoms with E-state index >= 15 is 0 Å². The molecule has 8 heavy (non-hydrogen) atoms. The van der Waals surface area contributed by atoms with Gasteiger partial charge in [0.25, 0.3) is 0 Å².